The first kappa shape index (κ1) is 18.4. The highest BCUT2D eigenvalue weighted by Gasteiger charge is 2.28. The molecule has 0 radical (unpaired) electrons. The number of halogens is 4. The van der Waals surface area contributed by atoms with Gasteiger partial charge in [-0.1, -0.05) is 13.3 Å². The zero-order valence-electron chi connectivity index (χ0n) is 12.9. The van der Waals surface area contributed by atoms with Gasteiger partial charge in [0, 0.05) is 17.1 Å². The molecule has 24 heavy (non-hydrogen) atoms. The highest BCUT2D eigenvalue weighted by Crippen LogP contribution is 2.23. The molecular weight excluding hydrogens is 389 g/mol. The van der Waals surface area contributed by atoms with Gasteiger partial charge in [0.25, 0.3) is 0 Å². The van der Waals surface area contributed by atoms with E-state index in [1.807, 2.05) is 6.92 Å². The summed E-state index contributed by atoms with van der Waals surface area (Å²) in [4.78, 5) is 15.8. The third-order valence-corrected chi connectivity index (χ3v) is 3.58. The summed E-state index contributed by atoms with van der Waals surface area (Å²) in [5.74, 6) is -0.684. The Kier molecular flexibility index (Phi) is 5.98. The van der Waals surface area contributed by atoms with Gasteiger partial charge in [-0.05, 0) is 28.4 Å². The molecule has 1 N–H and O–H groups in total. The average molecular weight is 405 g/mol. The number of hydrogen-bond donors (Lipinski definition) is 1. The lowest BCUT2D eigenvalue weighted by molar-refractivity contribution is -0.142. The number of nitrogens with one attached hydrogen (secondary N) is 1. The predicted molar refractivity (Wildman–Crippen MR) is 87.0 cm³/mol. The van der Waals surface area contributed by atoms with Gasteiger partial charge in [-0.25, -0.2) is 4.68 Å². The number of amides is 1. The van der Waals surface area contributed by atoms with Gasteiger partial charge in [-0.3, -0.25) is 9.78 Å². The van der Waals surface area contributed by atoms with Crippen molar-refractivity contribution in [3.63, 3.8) is 0 Å². The highest BCUT2D eigenvalue weighted by molar-refractivity contribution is 9.10. The van der Waals surface area contributed by atoms with E-state index < -0.39 is 24.9 Å². The molecule has 0 unspecified atom stereocenters. The summed E-state index contributed by atoms with van der Waals surface area (Å²) in [6.45, 7) is 1.95. The number of hydrogen-bond acceptors (Lipinski definition) is 3. The van der Waals surface area contributed by atoms with Crippen LogP contribution in [0.1, 0.15) is 31.9 Å². The molecule has 0 aliphatic carbocycles. The Morgan fingerprint density at radius 1 is 1.38 bits per heavy atom. The Morgan fingerprint density at radius 2 is 2.12 bits per heavy atom. The quantitative estimate of drug-likeness (QED) is 0.781. The molecule has 2 aromatic heterocycles. The summed E-state index contributed by atoms with van der Waals surface area (Å²) in [5.41, 5.74) is 1.72. The zero-order chi connectivity index (χ0) is 17.7. The lowest BCUT2D eigenvalue weighted by Gasteiger charge is -2.07. The summed E-state index contributed by atoms with van der Waals surface area (Å²) in [6, 6.07) is 1.80. The third-order valence-electron chi connectivity index (χ3n) is 3.14. The number of nitrogens with zero attached hydrogens (tertiary/aromatic N) is 3. The first-order valence-corrected chi connectivity index (χ1v) is 8.14. The highest BCUT2D eigenvalue weighted by atomic mass is 79.9. The van der Waals surface area contributed by atoms with Crippen LogP contribution in [0, 0.1) is 0 Å². The van der Waals surface area contributed by atoms with Crippen LogP contribution in [-0.4, -0.2) is 26.8 Å². The molecule has 9 heteroatoms. The summed E-state index contributed by atoms with van der Waals surface area (Å²) < 4.78 is 38.9. The van der Waals surface area contributed by atoms with Crippen molar-refractivity contribution in [1.82, 2.24) is 14.8 Å². The Labute approximate surface area is 145 Å². The standard InChI is InChI=1S/C15H16BrF3N4O/c1-2-3-12-13(21-14(24)4-5-15(17,18)19)9-23(22-12)11-6-10(16)7-20-8-11/h6-9H,2-5H2,1H3,(H,21,24). The Bertz CT molecular complexity index is 715. The molecule has 0 atom stereocenters. The molecule has 0 aliphatic rings. The van der Waals surface area contributed by atoms with Crippen LogP contribution in [0.3, 0.4) is 0 Å². The Morgan fingerprint density at radius 3 is 2.75 bits per heavy atom. The van der Waals surface area contributed by atoms with E-state index >= 15 is 0 Å². The van der Waals surface area contributed by atoms with Crippen molar-refractivity contribution in [1.29, 1.82) is 0 Å². The van der Waals surface area contributed by atoms with E-state index in [1.165, 1.54) is 0 Å². The number of alkyl halides is 3. The fourth-order valence-corrected chi connectivity index (χ4v) is 2.41. The van der Waals surface area contributed by atoms with Gasteiger partial charge in [0.2, 0.25) is 5.91 Å². The van der Waals surface area contributed by atoms with Crippen molar-refractivity contribution in [3.8, 4) is 5.69 Å². The first-order chi connectivity index (χ1) is 11.3. The number of rotatable bonds is 6. The van der Waals surface area contributed by atoms with Crippen molar-refractivity contribution < 1.29 is 18.0 Å². The normalized spacial score (nSPS) is 11.5. The van der Waals surface area contributed by atoms with Crippen LogP contribution in [0.5, 0.6) is 0 Å². The lowest BCUT2D eigenvalue weighted by atomic mass is 10.2. The van der Waals surface area contributed by atoms with E-state index in [4.69, 9.17) is 0 Å². The predicted octanol–water partition coefficient (Wildman–Crippen LogP) is 4.26. The van der Waals surface area contributed by atoms with Crippen LogP contribution in [0.4, 0.5) is 18.9 Å². The van der Waals surface area contributed by atoms with Gasteiger partial charge in [-0.15, -0.1) is 0 Å². The van der Waals surface area contributed by atoms with E-state index in [2.05, 4.69) is 31.3 Å². The molecule has 0 saturated heterocycles. The molecule has 0 bridgehead atoms. The van der Waals surface area contributed by atoms with Crippen molar-refractivity contribution in [2.75, 3.05) is 5.32 Å². The van der Waals surface area contributed by atoms with Gasteiger partial charge in [-0.2, -0.15) is 18.3 Å². The maximum Gasteiger partial charge on any atom is 0.389 e. The number of aryl methyl sites for hydroxylation is 1. The topological polar surface area (TPSA) is 59.8 Å². The van der Waals surface area contributed by atoms with Crippen molar-refractivity contribution in [3.05, 3.63) is 34.8 Å². The molecular formula is C15H16BrF3N4O. The molecule has 1 amide bonds. The summed E-state index contributed by atoms with van der Waals surface area (Å²) in [6.07, 6.45) is 0.0883. The van der Waals surface area contributed by atoms with E-state index in [9.17, 15) is 18.0 Å². The average Bonchev–Trinajstić information content (AvgIpc) is 2.88. The molecule has 0 fully saturated rings. The number of pyridine rings is 1. The Balaban J connectivity index is 2.18. The Hall–Kier alpha value is -1.90. The maximum atomic E-state index is 12.2. The number of anilines is 1. The fraction of sp³-hybridized carbons (Fsp3) is 0.400. The van der Waals surface area contributed by atoms with Crippen LogP contribution in [0.2, 0.25) is 0 Å². The lowest BCUT2D eigenvalue weighted by Crippen LogP contribution is -2.17. The molecule has 5 nitrogen and oxygen atoms in total. The summed E-state index contributed by atoms with van der Waals surface area (Å²) in [5, 5.41) is 6.91. The number of aromatic nitrogens is 3. The SMILES string of the molecule is CCCc1nn(-c2cncc(Br)c2)cc1NC(=O)CCC(F)(F)F. The second-order valence-corrected chi connectivity index (χ2v) is 6.12. The minimum absolute atomic E-state index is 0.420. The van der Waals surface area contributed by atoms with E-state index in [0.29, 0.717) is 23.5 Å². The van der Waals surface area contributed by atoms with E-state index in [-0.39, 0.29) is 0 Å². The van der Waals surface area contributed by atoms with Crippen LogP contribution in [0.15, 0.2) is 29.1 Å². The van der Waals surface area contributed by atoms with Crippen LogP contribution < -0.4 is 5.32 Å². The van der Waals surface area contributed by atoms with Crippen LogP contribution in [-0.2, 0) is 11.2 Å². The van der Waals surface area contributed by atoms with Gasteiger partial charge in [0.1, 0.15) is 0 Å². The molecule has 0 aliphatic heterocycles. The number of carbonyl (C=O) groups is 1. The van der Waals surface area contributed by atoms with Crippen molar-refractivity contribution in [2.45, 2.75) is 38.8 Å². The molecule has 0 spiro atoms. The monoisotopic (exact) mass is 404 g/mol. The molecule has 0 saturated carbocycles. The molecule has 2 rings (SSSR count). The second-order valence-electron chi connectivity index (χ2n) is 5.21. The third kappa shape index (κ3) is 5.33. The van der Waals surface area contributed by atoms with Gasteiger partial charge in [0.15, 0.2) is 0 Å². The van der Waals surface area contributed by atoms with E-state index in [1.54, 1.807) is 29.3 Å². The van der Waals surface area contributed by atoms with Crippen molar-refractivity contribution in [2.24, 2.45) is 0 Å². The molecule has 130 valence electrons. The summed E-state index contributed by atoms with van der Waals surface area (Å²) >= 11 is 3.31. The second kappa shape index (κ2) is 7.78. The van der Waals surface area contributed by atoms with Crippen LogP contribution in [0.25, 0.3) is 5.69 Å². The summed E-state index contributed by atoms with van der Waals surface area (Å²) in [7, 11) is 0. The first-order valence-electron chi connectivity index (χ1n) is 7.34. The van der Waals surface area contributed by atoms with Gasteiger partial charge >= 0.3 is 6.18 Å². The van der Waals surface area contributed by atoms with Gasteiger partial charge in [0.05, 0.1) is 35.9 Å². The minimum Gasteiger partial charge on any atom is -0.323 e. The van der Waals surface area contributed by atoms with Crippen LogP contribution >= 0.6 is 15.9 Å². The smallest absolute Gasteiger partial charge is 0.323 e. The fourth-order valence-electron chi connectivity index (χ4n) is 2.06. The molecule has 2 heterocycles. The maximum absolute atomic E-state index is 12.2. The van der Waals surface area contributed by atoms with E-state index in [0.717, 1.165) is 10.9 Å². The zero-order valence-corrected chi connectivity index (χ0v) is 14.5. The van der Waals surface area contributed by atoms with Crippen molar-refractivity contribution >= 4 is 27.5 Å². The van der Waals surface area contributed by atoms with Gasteiger partial charge < -0.3 is 5.32 Å². The minimum atomic E-state index is -4.35. The molecule has 0 aromatic carbocycles. The number of carbonyl (C=O) groups excluding carboxylic acids is 1. The molecule has 2 aromatic rings. The largest absolute Gasteiger partial charge is 0.389 e.